The van der Waals surface area contributed by atoms with Gasteiger partial charge in [0.05, 0.1) is 7.11 Å². The molecule has 0 bridgehead atoms. The first kappa shape index (κ1) is 18.3. The molecule has 1 aromatic carbocycles. The van der Waals surface area contributed by atoms with Crippen molar-refractivity contribution in [2.45, 2.75) is 38.8 Å². The van der Waals surface area contributed by atoms with Crippen LogP contribution in [0.2, 0.25) is 0 Å². The second kappa shape index (κ2) is 8.68. The number of amides is 2. The molecule has 1 aromatic rings. The van der Waals surface area contributed by atoms with Gasteiger partial charge in [-0.1, -0.05) is 6.07 Å². The molecule has 6 heteroatoms. The summed E-state index contributed by atoms with van der Waals surface area (Å²) in [6.45, 7) is 5.57. The Morgan fingerprint density at radius 3 is 2.54 bits per heavy atom. The van der Waals surface area contributed by atoms with Crippen LogP contribution in [0.5, 0.6) is 5.75 Å². The van der Waals surface area contributed by atoms with Crippen molar-refractivity contribution in [3.05, 3.63) is 29.8 Å². The predicted molar refractivity (Wildman–Crippen MR) is 93.1 cm³/mol. The average Bonchev–Trinajstić information content (AvgIpc) is 2.59. The second-order valence-electron chi connectivity index (χ2n) is 6.43. The molecule has 1 aliphatic heterocycles. The van der Waals surface area contributed by atoms with Gasteiger partial charge in [0.15, 0.2) is 0 Å². The van der Waals surface area contributed by atoms with Crippen molar-refractivity contribution in [1.82, 2.24) is 16.0 Å². The topological polar surface area (TPSA) is 79.5 Å². The van der Waals surface area contributed by atoms with Gasteiger partial charge in [0, 0.05) is 11.6 Å². The summed E-state index contributed by atoms with van der Waals surface area (Å²) in [7, 11) is 1.56. The maximum atomic E-state index is 12.6. The van der Waals surface area contributed by atoms with E-state index in [9.17, 15) is 9.59 Å². The van der Waals surface area contributed by atoms with Gasteiger partial charge in [-0.25, -0.2) is 0 Å². The maximum Gasteiger partial charge on any atom is 0.252 e. The summed E-state index contributed by atoms with van der Waals surface area (Å²) in [5.41, 5.74) is 0.491. The normalized spacial score (nSPS) is 16.5. The van der Waals surface area contributed by atoms with E-state index in [1.165, 1.54) is 0 Å². The molecule has 0 saturated carbocycles. The van der Waals surface area contributed by atoms with Gasteiger partial charge in [-0.05, 0) is 63.9 Å². The molecule has 2 amide bonds. The smallest absolute Gasteiger partial charge is 0.252 e. The summed E-state index contributed by atoms with van der Waals surface area (Å²) in [5.74, 6) is 0.386. The van der Waals surface area contributed by atoms with Crippen LogP contribution in [0.25, 0.3) is 0 Å². The zero-order valence-corrected chi connectivity index (χ0v) is 14.6. The summed E-state index contributed by atoms with van der Waals surface area (Å²) >= 11 is 0. The number of ether oxygens (including phenoxy) is 1. The number of hydrogen-bond donors (Lipinski definition) is 3. The Kier molecular flexibility index (Phi) is 6.61. The van der Waals surface area contributed by atoms with E-state index in [1.807, 2.05) is 13.8 Å². The van der Waals surface area contributed by atoms with E-state index < -0.39 is 6.04 Å². The Morgan fingerprint density at radius 2 is 1.92 bits per heavy atom. The minimum absolute atomic E-state index is 0.0374. The molecule has 0 aromatic heterocycles. The van der Waals surface area contributed by atoms with Crippen LogP contribution in [0.3, 0.4) is 0 Å². The van der Waals surface area contributed by atoms with E-state index in [2.05, 4.69) is 16.0 Å². The summed E-state index contributed by atoms with van der Waals surface area (Å²) in [6, 6.07) is 6.46. The van der Waals surface area contributed by atoms with Gasteiger partial charge in [-0.2, -0.15) is 0 Å². The van der Waals surface area contributed by atoms with E-state index in [4.69, 9.17) is 4.74 Å². The number of carbonyl (C=O) groups excluding carboxylic acids is 2. The highest BCUT2D eigenvalue weighted by atomic mass is 16.5. The highest BCUT2D eigenvalue weighted by Gasteiger charge is 2.31. The third-order valence-corrected chi connectivity index (χ3v) is 4.19. The standard InChI is InChI=1S/C18H27N3O3/c1-12(2)20-18(23)16(13-7-9-19-10-8-13)21-17(22)14-5-4-6-15(11-14)24-3/h4-6,11-13,16,19H,7-10H2,1-3H3,(H,20,23)(H,21,22). The molecule has 0 spiro atoms. The first-order chi connectivity index (χ1) is 11.5. The van der Waals surface area contributed by atoms with Crippen molar-refractivity contribution in [3.8, 4) is 5.75 Å². The number of carbonyl (C=O) groups is 2. The van der Waals surface area contributed by atoms with E-state index in [0.29, 0.717) is 11.3 Å². The summed E-state index contributed by atoms with van der Waals surface area (Å²) < 4.78 is 5.16. The van der Waals surface area contributed by atoms with Gasteiger partial charge in [-0.3, -0.25) is 9.59 Å². The van der Waals surface area contributed by atoms with Crippen molar-refractivity contribution in [1.29, 1.82) is 0 Å². The Morgan fingerprint density at radius 1 is 1.21 bits per heavy atom. The van der Waals surface area contributed by atoms with E-state index in [1.54, 1.807) is 31.4 Å². The predicted octanol–water partition coefficient (Wildman–Crippen LogP) is 1.32. The van der Waals surface area contributed by atoms with Crippen molar-refractivity contribution in [3.63, 3.8) is 0 Å². The SMILES string of the molecule is COc1cccc(C(=O)NC(C(=O)NC(C)C)C2CCNCC2)c1. The highest BCUT2D eigenvalue weighted by Crippen LogP contribution is 2.18. The fourth-order valence-electron chi connectivity index (χ4n) is 2.94. The molecule has 2 rings (SSSR count). The molecular formula is C18H27N3O3. The van der Waals surface area contributed by atoms with Gasteiger partial charge in [0.1, 0.15) is 11.8 Å². The quantitative estimate of drug-likeness (QED) is 0.733. The largest absolute Gasteiger partial charge is 0.497 e. The maximum absolute atomic E-state index is 12.6. The number of piperidine rings is 1. The molecule has 0 radical (unpaired) electrons. The third kappa shape index (κ3) is 4.96. The molecule has 3 N–H and O–H groups in total. The van der Waals surface area contributed by atoms with E-state index in [-0.39, 0.29) is 23.8 Å². The Hall–Kier alpha value is -2.08. The lowest BCUT2D eigenvalue weighted by Gasteiger charge is -2.31. The number of hydrogen-bond acceptors (Lipinski definition) is 4. The van der Waals surface area contributed by atoms with Crippen molar-refractivity contribution < 1.29 is 14.3 Å². The van der Waals surface area contributed by atoms with Gasteiger partial charge < -0.3 is 20.7 Å². The second-order valence-corrected chi connectivity index (χ2v) is 6.43. The Bertz CT molecular complexity index is 568. The molecule has 1 saturated heterocycles. The van der Waals surface area contributed by atoms with Gasteiger partial charge >= 0.3 is 0 Å². The van der Waals surface area contributed by atoms with Crippen LogP contribution in [0.4, 0.5) is 0 Å². The van der Waals surface area contributed by atoms with Crippen LogP contribution in [0.1, 0.15) is 37.0 Å². The first-order valence-electron chi connectivity index (χ1n) is 8.47. The molecule has 6 nitrogen and oxygen atoms in total. The Labute approximate surface area is 143 Å². The molecular weight excluding hydrogens is 306 g/mol. The fraction of sp³-hybridized carbons (Fsp3) is 0.556. The molecule has 0 aliphatic carbocycles. The molecule has 1 fully saturated rings. The van der Waals surface area contributed by atoms with Gasteiger partial charge in [0.2, 0.25) is 5.91 Å². The lowest BCUT2D eigenvalue weighted by atomic mass is 9.89. The zero-order chi connectivity index (χ0) is 17.5. The fourth-order valence-corrected chi connectivity index (χ4v) is 2.94. The van der Waals surface area contributed by atoms with Crippen molar-refractivity contribution in [2.24, 2.45) is 5.92 Å². The molecule has 1 unspecified atom stereocenters. The van der Waals surface area contributed by atoms with E-state index >= 15 is 0 Å². The van der Waals surface area contributed by atoms with Crippen molar-refractivity contribution in [2.75, 3.05) is 20.2 Å². The summed E-state index contributed by atoms with van der Waals surface area (Å²) in [6.07, 6.45) is 1.74. The van der Waals surface area contributed by atoms with Crippen LogP contribution in [-0.4, -0.2) is 44.1 Å². The van der Waals surface area contributed by atoms with Crippen LogP contribution >= 0.6 is 0 Å². The third-order valence-electron chi connectivity index (χ3n) is 4.19. The molecule has 1 heterocycles. The zero-order valence-electron chi connectivity index (χ0n) is 14.6. The minimum atomic E-state index is -0.520. The van der Waals surface area contributed by atoms with Crippen LogP contribution < -0.4 is 20.7 Å². The Balaban J connectivity index is 2.13. The number of benzene rings is 1. The van der Waals surface area contributed by atoms with Crippen LogP contribution in [0, 0.1) is 5.92 Å². The highest BCUT2D eigenvalue weighted by molar-refractivity contribution is 5.98. The molecule has 24 heavy (non-hydrogen) atoms. The lowest BCUT2D eigenvalue weighted by Crippen LogP contribution is -2.54. The van der Waals surface area contributed by atoms with Crippen LogP contribution in [-0.2, 0) is 4.79 Å². The average molecular weight is 333 g/mol. The van der Waals surface area contributed by atoms with E-state index in [0.717, 1.165) is 25.9 Å². The van der Waals surface area contributed by atoms with Crippen LogP contribution in [0.15, 0.2) is 24.3 Å². The molecule has 1 aliphatic rings. The lowest BCUT2D eigenvalue weighted by molar-refractivity contribution is -0.125. The minimum Gasteiger partial charge on any atom is -0.497 e. The summed E-state index contributed by atoms with van der Waals surface area (Å²) in [4.78, 5) is 25.2. The molecule has 1 atom stereocenters. The molecule has 132 valence electrons. The van der Waals surface area contributed by atoms with Gasteiger partial charge in [0.25, 0.3) is 5.91 Å². The van der Waals surface area contributed by atoms with Crippen molar-refractivity contribution >= 4 is 11.8 Å². The number of methoxy groups -OCH3 is 1. The number of nitrogens with one attached hydrogen (secondary N) is 3. The first-order valence-corrected chi connectivity index (χ1v) is 8.47. The number of rotatable bonds is 6. The van der Waals surface area contributed by atoms with Gasteiger partial charge in [-0.15, -0.1) is 0 Å². The summed E-state index contributed by atoms with van der Waals surface area (Å²) in [5, 5.41) is 9.13. The monoisotopic (exact) mass is 333 g/mol.